The molecule has 2 aromatic rings. The lowest BCUT2D eigenvalue weighted by atomic mass is 9.93. The molecule has 1 heterocycles. The number of benzene rings is 2. The fraction of sp³-hybridized carbons (Fsp3) is 0.500. The van der Waals surface area contributed by atoms with Crippen molar-refractivity contribution in [1.29, 1.82) is 0 Å². The van der Waals surface area contributed by atoms with E-state index in [0.717, 1.165) is 17.7 Å². The number of methoxy groups -OCH3 is 1. The molecule has 2 nitrogen and oxygen atoms in total. The van der Waals surface area contributed by atoms with Crippen molar-refractivity contribution in [3.63, 3.8) is 0 Å². The van der Waals surface area contributed by atoms with Crippen LogP contribution < -0.4 is 4.74 Å². The minimum Gasteiger partial charge on any atom is -0.497 e. The third-order valence-electron chi connectivity index (χ3n) is 6.98. The number of likely N-dealkylation sites (tertiary alicyclic amines) is 1. The van der Waals surface area contributed by atoms with E-state index in [2.05, 4.69) is 47.4 Å². The Bertz CT molecular complexity index is 775. The fourth-order valence-corrected chi connectivity index (χ4v) is 5.66. The summed E-state index contributed by atoms with van der Waals surface area (Å²) in [4.78, 5) is 2.89. The first-order chi connectivity index (χ1) is 12.8. The van der Waals surface area contributed by atoms with Crippen LogP contribution in [-0.4, -0.2) is 24.6 Å². The van der Waals surface area contributed by atoms with Gasteiger partial charge in [0.15, 0.2) is 0 Å². The number of ether oxygens (including phenoxy) is 1. The van der Waals surface area contributed by atoms with Gasteiger partial charge < -0.3 is 4.74 Å². The van der Waals surface area contributed by atoms with Gasteiger partial charge >= 0.3 is 0 Å². The van der Waals surface area contributed by atoms with E-state index >= 15 is 0 Å². The van der Waals surface area contributed by atoms with Gasteiger partial charge in [-0.1, -0.05) is 37.1 Å². The molecule has 1 saturated heterocycles. The number of fused-ring (bicyclic) bond motifs is 5. The summed E-state index contributed by atoms with van der Waals surface area (Å²) in [5.41, 5.74) is 5.90. The molecule has 0 spiro atoms. The van der Waals surface area contributed by atoms with Crippen LogP contribution in [0, 0.1) is 0 Å². The van der Waals surface area contributed by atoms with Crippen LogP contribution in [-0.2, 0) is 0 Å². The molecule has 0 aromatic heterocycles. The molecule has 2 bridgehead atoms. The lowest BCUT2D eigenvalue weighted by Gasteiger charge is -2.34. The van der Waals surface area contributed by atoms with Crippen molar-refractivity contribution in [2.75, 3.05) is 13.7 Å². The van der Waals surface area contributed by atoms with Gasteiger partial charge in [0.25, 0.3) is 0 Å². The molecule has 26 heavy (non-hydrogen) atoms. The maximum Gasteiger partial charge on any atom is 0.118 e. The fourth-order valence-electron chi connectivity index (χ4n) is 5.66. The Kier molecular flexibility index (Phi) is 4.24. The molecule has 2 heteroatoms. The first-order valence-corrected chi connectivity index (χ1v) is 10.4. The second kappa shape index (κ2) is 6.74. The summed E-state index contributed by atoms with van der Waals surface area (Å²) in [6, 6.07) is 17.2. The molecular formula is C24H29NO. The quantitative estimate of drug-likeness (QED) is 0.682. The van der Waals surface area contributed by atoms with Crippen molar-refractivity contribution >= 4 is 0 Å². The van der Waals surface area contributed by atoms with E-state index in [0.29, 0.717) is 6.04 Å². The number of rotatable bonds is 3. The Morgan fingerprint density at radius 3 is 2.38 bits per heavy atom. The predicted octanol–water partition coefficient (Wildman–Crippen LogP) is 5.93. The number of hydrogen-bond donors (Lipinski definition) is 0. The molecule has 2 atom stereocenters. The van der Waals surface area contributed by atoms with Crippen LogP contribution in [0.15, 0.2) is 42.5 Å². The second-order valence-electron chi connectivity index (χ2n) is 8.34. The molecule has 3 aliphatic rings. The number of hydrogen-bond acceptors (Lipinski definition) is 2. The SMILES string of the molecule is COc1ccc(-c2ccc3c(c2)C2CC3CCCN2C2CCCC2)cc1. The summed E-state index contributed by atoms with van der Waals surface area (Å²) in [6.45, 7) is 1.30. The largest absolute Gasteiger partial charge is 0.497 e. The molecule has 0 N–H and O–H groups in total. The molecule has 136 valence electrons. The third kappa shape index (κ3) is 2.75. The van der Waals surface area contributed by atoms with E-state index in [4.69, 9.17) is 4.74 Å². The highest BCUT2D eigenvalue weighted by atomic mass is 16.5. The van der Waals surface area contributed by atoms with Gasteiger partial charge in [0.1, 0.15) is 5.75 Å². The molecule has 2 fully saturated rings. The van der Waals surface area contributed by atoms with Crippen LogP contribution in [0.1, 0.15) is 68.0 Å². The van der Waals surface area contributed by atoms with E-state index in [1.165, 1.54) is 62.6 Å². The molecule has 2 aromatic carbocycles. The van der Waals surface area contributed by atoms with Crippen LogP contribution in [0.2, 0.25) is 0 Å². The molecule has 2 aliphatic carbocycles. The lowest BCUT2D eigenvalue weighted by molar-refractivity contribution is 0.142. The number of nitrogens with zero attached hydrogens (tertiary/aromatic N) is 1. The third-order valence-corrected chi connectivity index (χ3v) is 6.98. The Labute approximate surface area is 157 Å². The standard InChI is InChI=1S/C24H29NO/c1-26-21-11-8-17(9-12-21)18-10-13-22-19-5-4-14-25(20-6-2-3-7-20)24(16-19)23(22)15-18/h8-13,15,19-20,24H,2-7,14,16H2,1H3. The van der Waals surface area contributed by atoms with Crippen molar-refractivity contribution in [2.24, 2.45) is 0 Å². The maximum absolute atomic E-state index is 5.31. The van der Waals surface area contributed by atoms with Crippen molar-refractivity contribution in [3.8, 4) is 16.9 Å². The second-order valence-corrected chi connectivity index (χ2v) is 8.34. The molecule has 1 saturated carbocycles. The van der Waals surface area contributed by atoms with Gasteiger partial charge in [0.2, 0.25) is 0 Å². The summed E-state index contributed by atoms with van der Waals surface area (Å²) in [5.74, 6) is 1.71. The Balaban J connectivity index is 1.51. The van der Waals surface area contributed by atoms with Crippen LogP contribution in [0.4, 0.5) is 0 Å². The molecule has 5 rings (SSSR count). The van der Waals surface area contributed by atoms with Crippen LogP contribution >= 0.6 is 0 Å². The lowest BCUT2D eigenvalue weighted by Crippen LogP contribution is -2.36. The minimum absolute atomic E-state index is 0.652. The summed E-state index contributed by atoms with van der Waals surface area (Å²) < 4.78 is 5.31. The smallest absolute Gasteiger partial charge is 0.118 e. The van der Waals surface area contributed by atoms with E-state index in [9.17, 15) is 0 Å². The van der Waals surface area contributed by atoms with Gasteiger partial charge in [-0.3, -0.25) is 4.90 Å². The van der Waals surface area contributed by atoms with Crippen molar-refractivity contribution in [3.05, 3.63) is 53.6 Å². The van der Waals surface area contributed by atoms with Gasteiger partial charge in [-0.05, 0) is 85.0 Å². The monoisotopic (exact) mass is 347 g/mol. The Morgan fingerprint density at radius 1 is 0.846 bits per heavy atom. The summed E-state index contributed by atoms with van der Waals surface area (Å²) in [7, 11) is 1.73. The zero-order valence-electron chi connectivity index (χ0n) is 15.8. The predicted molar refractivity (Wildman–Crippen MR) is 107 cm³/mol. The Hall–Kier alpha value is -1.80. The highest BCUT2D eigenvalue weighted by molar-refractivity contribution is 5.66. The van der Waals surface area contributed by atoms with Crippen LogP contribution in [0.25, 0.3) is 11.1 Å². The molecule has 2 unspecified atom stereocenters. The van der Waals surface area contributed by atoms with Crippen molar-refractivity contribution in [2.45, 2.75) is 62.9 Å². The summed E-state index contributed by atoms with van der Waals surface area (Å²) in [6.07, 6.45) is 9.76. The average molecular weight is 348 g/mol. The highest BCUT2D eigenvalue weighted by Gasteiger charge is 2.39. The average Bonchev–Trinajstić information content (AvgIpc) is 3.27. The summed E-state index contributed by atoms with van der Waals surface area (Å²) in [5, 5.41) is 0. The first-order valence-electron chi connectivity index (χ1n) is 10.4. The molecular weight excluding hydrogens is 318 g/mol. The Morgan fingerprint density at radius 2 is 1.62 bits per heavy atom. The van der Waals surface area contributed by atoms with Gasteiger partial charge in [-0.25, -0.2) is 0 Å². The van der Waals surface area contributed by atoms with Crippen molar-refractivity contribution < 1.29 is 4.74 Å². The highest BCUT2D eigenvalue weighted by Crippen LogP contribution is 2.50. The zero-order valence-corrected chi connectivity index (χ0v) is 15.8. The van der Waals surface area contributed by atoms with Gasteiger partial charge in [-0.2, -0.15) is 0 Å². The topological polar surface area (TPSA) is 12.5 Å². The molecule has 1 aliphatic heterocycles. The summed E-state index contributed by atoms with van der Waals surface area (Å²) >= 11 is 0. The normalized spacial score (nSPS) is 25.9. The molecule has 0 radical (unpaired) electrons. The van der Waals surface area contributed by atoms with Gasteiger partial charge in [0, 0.05) is 12.1 Å². The van der Waals surface area contributed by atoms with Crippen LogP contribution in [0.3, 0.4) is 0 Å². The maximum atomic E-state index is 5.31. The van der Waals surface area contributed by atoms with Gasteiger partial charge in [-0.15, -0.1) is 0 Å². The zero-order chi connectivity index (χ0) is 17.5. The van der Waals surface area contributed by atoms with E-state index in [1.54, 1.807) is 18.2 Å². The van der Waals surface area contributed by atoms with E-state index in [1.807, 2.05) is 0 Å². The van der Waals surface area contributed by atoms with Gasteiger partial charge in [0.05, 0.1) is 7.11 Å². The first kappa shape index (κ1) is 16.4. The molecule has 0 amide bonds. The van der Waals surface area contributed by atoms with Crippen molar-refractivity contribution in [1.82, 2.24) is 4.90 Å². The van der Waals surface area contributed by atoms with E-state index < -0.39 is 0 Å². The minimum atomic E-state index is 0.652. The van der Waals surface area contributed by atoms with Crippen LogP contribution in [0.5, 0.6) is 5.75 Å². The van der Waals surface area contributed by atoms with E-state index in [-0.39, 0.29) is 0 Å².